The van der Waals surface area contributed by atoms with Crippen LogP contribution in [0, 0.1) is 18.8 Å². The Labute approximate surface area is 201 Å². The first-order valence-electron chi connectivity index (χ1n) is 11.3. The Kier molecular flexibility index (Phi) is 8.68. The fourth-order valence-corrected chi connectivity index (χ4v) is 4.80. The van der Waals surface area contributed by atoms with Crippen LogP contribution < -0.4 is 4.74 Å². The van der Waals surface area contributed by atoms with Gasteiger partial charge in [0.25, 0.3) is 10.1 Å². The van der Waals surface area contributed by atoms with Crippen LogP contribution in [0.15, 0.2) is 59.5 Å². The molecule has 2 aliphatic heterocycles. The first kappa shape index (κ1) is 25.7. The number of ether oxygens (including phenoxy) is 1. The van der Waals surface area contributed by atoms with E-state index in [1.54, 1.807) is 29.0 Å². The summed E-state index contributed by atoms with van der Waals surface area (Å²) in [5.41, 5.74) is 0.988. The van der Waals surface area contributed by atoms with E-state index < -0.39 is 10.1 Å². The zero-order chi connectivity index (χ0) is 24.7. The molecule has 2 aliphatic rings. The number of hydrogen-bond acceptors (Lipinski definition) is 6. The van der Waals surface area contributed by atoms with Gasteiger partial charge in [-0.05, 0) is 31.2 Å². The lowest BCUT2D eigenvalue weighted by molar-refractivity contribution is -0.127. The van der Waals surface area contributed by atoms with Crippen LogP contribution in [0.25, 0.3) is 0 Å². The molecule has 9 heteroatoms. The second-order valence-electron chi connectivity index (χ2n) is 8.86. The van der Waals surface area contributed by atoms with Crippen LogP contribution in [0.1, 0.15) is 18.4 Å². The summed E-state index contributed by atoms with van der Waals surface area (Å²) in [7, 11) is -0.186. The highest BCUT2D eigenvalue weighted by molar-refractivity contribution is 7.86. The van der Waals surface area contributed by atoms with E-state index in [2.05, 4.69) is 0 Å². The summed E-state index contributed by atoms with van der Waals surface area (Å²) in [6, 6.07) is 16.2. The highest BCUT2D eigenvalue weighted by Gasteiger charge is 2.29. The van der Waals surface area contributed by atoms with Gasteiger partial charge in [-0.15, -0.1) is 0 Å². The molecule has 2 aromatic rings. The SMILES string of the molecule is CN1CC(COc2ccccc2)CC1=O.Cc1ccc(S(=O)(=O)OCC2CC(=O)N(C)C2)cc1. The van der Waals surface area contributed by atoms with Gasteiger partial charge in [-0.1, -0.05) is 35.9 Å². The Morgan fingerprint density at radius 1 is 0.824 bits per heavy atom. The summed E-state index contributed by atoms with van der Waals surface area (Å²) in [6.45, 7) is 3.91. The molecular weight excluding hydrogens is 456 g/mol. The quantitative estimate of drug-likeness (QED) is 0.557. The van der Waals surface area contributed by atoms with Crippen LogP contribution in [-0.4, -0.2) is 70.4 Å². The molecule has 2 amide bonds. The maximum atomic E-state index is 11.9. The second kappa shape index (κ2) is 11.5. The minimum absolute atomic E-state index is 0.0290. The van der Waals surface area contributed by atoms with E-state index >= 15 is 0 Å². The van der Waals surface area contributed by atoms with Crippen molar-refractivity contribution in [3.05, 3.63) is 60.2 Å². The normalized spacial score (nSPS) is 20.3. The lowest BCUT2D eigenvalue weighted by Gasteiger charge is -2.11. The Bertz CT molecular complexity index is 1070. The van der Waals surface area contributed by atoms with Crippen molar-refractivity contribution in [3.8, 4) is 5.75 Å². The number of amides is 2. The van der Waals surface area contributed by atoms with Crippen LogP contribution in [0.5, 0.6) is 5.75 Å². The number of carbonyl (C=O) groups excluding carboxylic acids is 2. The van der Waals surface area contributed by atoms with E-state index in [9.17, 15) is 18.0 Å². The third kappa shape index (κ3) is 7.30. The minimum atomic E-state index is -3.73. The van der Waals surface area contributed by atoms with Crippen molar-refractivity contribution in [1.82, 2.24) is 9.80 Å². The zero-order valence-electron chi connectivity index (χ0n) is 19.8. The molecule has 0 spiro atoms. The number of benzene rings is 2. The lowest BCUT2D eigenvalue weighted by atomic mass is 10.1. The average Bonchev–Trinajstić information content (AvgIpc) is 3.32. The number of aryl methyl sites for hydroxylation is 1. The summed E-state index contributed by atoms with van der Waals surface area (Å²) in [4.78, 5) is 26.1. The molecular formula is C25H32N2O6S. The number of nitrogens with zero attached hydrogens (tertiary/aromatic N) is 2. The Morgan fingerprint density at radius 3 is 1.85 bits per heavy atom. The van der Waals surface area contributed by atoms with Gasteiger partial charge in [-0.25, -0.2) is 0 Å². The summed E-state index contributed by atoms with van der Waals surface area (Å²) >= 11 is 0. The lowest BCUT2D eigenvalue weighted by Crippen LogP contribution is -2.20. The average molecular weight is 489 g/mol. The zero-order valence-corrected chi connectivity index (χ0v) is 20.7. The molecule has 2 heterocycles. The van der Waals surface area contributed by atoms with Crippen molar-refractivity contribution >= 4 is 21.9 Å². The van der Waals surface area contributed by atoms with Gasteiger partial charge in [0.2, 0.25) is 11.8 Å². The van der Waals surface area contributed by atoms with E-state index in [1.807, 2.05) is 44.3 Å². The van der Waals surface area contributed by atoms with Gasteiger partial charge < -0.3 is 14.5 Å². The van der Waals surface area contributed by atoms with E-state index in [4.69, 9.17) is 8.92 Å². The summed E-state index contributed by atoms with van der Waals surface area (Å²) in [5.74, 6) is 1.40. The molecule has 2 aromatic carbocycles. The molecule has 0 bridgehead atoms. The van der Waals surface area contributed by atoms with Crippen LogP contribution in [-0.2, 0) is 23.9 Å². The van der Waals surface area contributed by atoms with Crippen LogP contribution >= 0.6 is 0 Å². The molecule has 2 saturated heterocycles. The fraction of sp³-hybridized carbons (Fsp3) is 0.440. The van der Waals surface area contributed by atoms with Crippen molar-refractivity contribution in [3.63, 3.8) is 0 Å². The third-order valence-corrected chi connectivity index (χ3v) is 7.14. The Hall–Kier alpha value is -2.91. The molecule has 0 aromatic heterocycles. The minimum Gasteiger partial charge on any atom is -0.493 e. The summed E-state index contributed by atoms with van der Waals surface area (Å²) < 4.78 is 34.5. The molecule has 8 nitrogen and oxygen atoms in total. The van der Waals surface area contributed by atoms with E-state index in [-0.39, 0.29) is 29.2 Å². The van der Waals surface area contributed by atoms with Gasteiger partial charge in [0.05, 0.1) is 18.1 Å². The topological polar surface area (TPSA) is 93.2 Å². The number of para-hydroxylation sites is 1. The first-order chi connectivity index (χ1) is 16.1. The second-order valence-corrected chi connectivity index (χ2v) is 10.5. The number of rotatable bonds is 7. The molecule has 2 unspecified atom stereocenters. The molecule has 0 N–H and O–H groups in total. The van der Waals surface area contributed by atoms with E-state index in [1.165, 1.54) is 12.1 Å². The van der Waals surface area contributed by atoms with Crippen molar-refractivity contribution in [2.45, 2.75) is 24.7 Å². The van der Waals surface area contributed by atoms with Crippen LogP contribution in [0.2, 0.25) is 0 Å². The van der Waals surface area contributed by atoms with Gasteiger partial charge in [0.1, 0.15) is 5.75 Å². The standard InChI is InChI=1S/C13H17NO4S.C12H15NO2/c1-10-3-5-12(6-4-10)19(16,17)18-9-11-7-13(15)14(2)8-11;1-13-8-10(7-12(13)14)9-15-11-5-3-2-4-6-11/h3-6,11H,7-9H2,1-2H3;2-6,10H,7-9H2,1H3. The predicted octanol–water partition coefficient (Wildman–Crippen LogP) is 2.72. The Morgan fingerprint density at radius 2 is 1.35 bits per heavy atom. The van der Waals surface area contributed by atoms with E-state index in [0.717, 1.165) is 17.9 Å². The smallest absolute Gasteiger partial charge is 0.296 e. The van der Waals surface area contributed by atoms with Gasteiger partial charge in [-0.3, -0.25) is 13.8 Å². The maximum absolute atomic E-state index is 11.9. The highest BCUT2D eigenvalue weighted by atomic mass is 32.2. The number of hydrogen-bond donors (Lipinski definition) is 0. The molecule has 4 rings (SSSR count). The summed E-state index contributed by atoms with van der Waals surface area (Å²) in [5, 5.41) is 0. The molecule has 0 aliphatic carbocycles. The first-order valence-corrected chi connectivity index (χ1v) is 12.7. The molecule has 0 radical (unpaired) electrons. The maximum Gasteiger partial charge on any atom is 0.296 e. The van der Waals surface area contributed by atoms with Crippen molar-refractivity contribution in [1.29, 1.82) is 0 Å². The van der Waals surface area contributed by atoms with Crippen LogP contribution in [0.4, 0.5) is 0 Å². The molecule has 34 heavy (non-hydrogen) atoms. The van der Waals surface area contributed by atoms with Gasteiger partial charge >= 0.3 is 0 Å². The Balaban J connectivity index is 0.000000196. The van der Waals surface area contributed by atoms with Crippen molar-refractivity contribution < 1.29 is 26.9 Å². The van der Waals surface area contributed by atoms with E-state index in [0.29, 0.717) is 31.9 Å². The third-order valence-electron chi connectivity index (χ3n) is 5.84. The fourth-order valence-electron chi connectivity index (χ4n) is 3.83. The number of carbonyl (C=O) groups is 2. The van der Waals surface area contributed by atoms with Gasteiger partial charge in [0.15, 0.2) is 0 Å². The highest BCUT2D eigenvalue weighted by Crippen LogP contribution is 2.20. The molecule has 0 saturated carbocycles. The largest absolute Gasteiger partial charge is 0.493 e. The van der Waals surface area contributed by atoms with Gasteiger partial charge in [0, 0.05) is 51.9 Å². The van der Waals surface area contributed by atoms with Crippen molar-refractivity contribution in [2.75, 3.05) is 40.4 Å². The van der Waals surface area contributed by atoms with Gasteiger partial charge in [-0.2, -0.15) is 8.42 Å². The summed E-state index contributed by atoms with van der Waals surface area (Å²) in [6.07, 6.45) is 0.962. The molecule has 2 atom stereocenters. The predicted molar refractivity (Wildman–Crippen MR) is 128 cm³/mol. The monoisotopic (exact) mass is 488 g/mol. The van der Waals surface area contributed by atoms with Crippen molar-refractivity contribution in [2.24, 2.45) is 11.8 Å². The van der Waals surface area contributed by atoms with Crippen LogP contribution in [0.3, 0.4) is 0 Å². The molecule has 184 valence electrons. The molecule has 2 fully saturated rings. The number of likely N-dealkylation sites (tertiary alicyclic amines) is 2.